The van der Waals surface area contributed by atoms with Crippen molar-refractivity contribution in [2.24, 2.45) is 5.92 Å². The molecule has 2 nitrogen and oxygen atoms in total. The van der Waals surface area contributed by atoms with Crippen LogP contribution in [0.25, 0.3) is 0 Å². The van der Waals surface area contributed by atoms with Crippen molar-refractivity contribution in [2.75, 3.05) is 11.9 Å². The molecule has 1 aliphatic rings. The van der Waals surface area contributed by atoms with E-state index in [0.29, 0.717) is 6.54 Å². The molecule has 0 aromatic heterocycles. The molecule has 0 spiro atoms. The summed E-state index contributed by atoms with van der Waals surface area (Å²) in [5, 5.41) is 13.7. The molecule has 1 saturated carbocycles. The highest BCUT2D eigenvalue weighted by atomic mass is 16.3. The Labute approximate surface area is 123 Å². The number of aliphatic hydroxyl groups is 1. The number of rotatable bonds is 7. The molecule has 20 heavy (non-hydrogen) atoms. The smallest absolute Gasteiger partial charge is 0.0715 e. The summed E-state index contributed by atoms with van der Waals surface area (Å²) in [5.74, 6) is 0.749. The monoisotopic (exact) mass is 275 g/mol. The van der Waals surface area contributed by atoms with Gasteiger partial charge in [0.2, 0.25) is 0 Å². The molecule has 112 valence electrons. The Morgan fingerprint density at radius 1 is 1.15 bits per heavy atom. The van der Waals surface area contributed by atoms with Gasteiger partial charge in [-0.25, -0.2) is 0 Å². The molecule has 1 aliphatic carbocycles. The van der Waals surface area contributed by atoms with E-state index in [-0.39, 0.29) is 6.10 Å². The van der Waals surface area contributed by atoms with E-state index in [0.717, 1.165) is 25.2 Å². The number of anilines is 1. The SMILES string of the molecule is CCc1cccc(CC)c1NCC(O)CC1CCCC1. The maximum atomic E-state index is 10.2. The molecular weight excluding hydrogens is 246 g/mol. The van der Waals surface area contributed by atoms with Crippen LogP contribution >= 0.6 is 0 Å². The molecule has 0 radical (unpaired) electrons. The van der Waals surface area contributed by atoms with Crippen LogP contribution in [0.3, 0.4) is 0 Å². The Hall–Kier alpha value is -1.02. The van der Waals surface area contributed by atoms with Gasteiger partial charge in [0, 0.05) is 12.2 Å². The fourth-order valence-corrected chi connectivity index (χ4v) is 3.40. The Bertz CT molecular complexity index is 388. The van der Waals surface area contributed by atoms with Gasteiger partial charge >= 0.3 is 0 Å². The Balaban J connectivity index is 1.92. The van der Waals surface area contributed by atoms with E-state index in [9.17, 15) is 5.11 Å². The van der Waals surface area contributed by atoms with Gasteiger partial charge in [0.1, 0.15) is 0 Å². The number of aryl methyl sites for hydroxylation is 2. The van der Waals surface area contributed by atoms with E-state index in [1.54, 1.807) is 0 Å². The van der Waals surface area contributed by atoms with Crippen LogP contribution in [-0.2, 0) is 12.8 Å². The molecule has 0 saturated heterocycles. The van der Waals surface area contributed by atoms with Crippen LogP contribution in [0.5, 0.6) is 0 Å². The molecule has 2 rings (SSSR count). The van der Waals surface area contributed by atoms with Crippen molar-refractivity contribution >= 4 is 5.69 Å². The average molecular weight is 275 g/mol. The lowest BCUT2D eigenvalue weighted by Gasteiger charge is -2.20. The summed E-state index contributed by atoms with van der Waals surface area (Å²) < 4.78 is 0. The lowest BCUT2D eigenvalue weighted by Crippen LogP contribution is -2.23. The largest absolute Gasteiger partial charge is 0.391 e. The van der Waals surface area contributed by atoms with Crippen LogP contribution < -0.4 is 5.32 Å². The van der Waals surface area contributed by atoms with Crippen molar-refractivity contribution in [3.8, 4) is 0 Å². The molecule has 1 atom stereocenters. The summed E-state index contributed by atoms with van der Waals surface area (Å²) in [5.41, 5.74) is 3.97. The highest BCUT2D eigenvalue weighted by molar-refractivity contribution is 5.57. The Morgan fingerprint density at radius 2 is 1.75 bits per heavy atom. The second-order valence-electron chi connectivity index (χ2n) is 6.08. The number of para-hydroxylation sites is 1. The number of benzene rings is 1. The number of hydrogen-bond donors (Lipinski definition) is 2. The average Bonchev–Trinajstić information content (AvgIpc) is 2.97. The number of aliphatic hydroxyl groups excluding tert-OH is 1. The van der Waals surface area contributed by atoms with Crippen molar-refractivity contribution in [2.45, 2.75) is 64.9 Å². The third-order valence-electron chi connectivity index (χ3n) is 4.59. The molecule has 0 bridgehead atoms. The van der Waals surface area contributed by atoms with Crippen molar-refractivity contribution in [1.29, 1.82) is 0 Å². The van der Waals surface area contributed by atoms with Crippen LogP contribution in [-0.4, -0.2) is 17.8 Å². The second kappa shape index (κ2) is 7.68. The van der Waals surface area contributed by atoms with Gasteiger partial charge in [-0.1, -0.05) is 57.7 Å². The Morgan fingerprint density at radius 3 is 2.30 bits per heavy atom. The lowest BCUT2D eigenvalue weighted by molar-refractivity contribution is 0.155. The first-order valence-corrected chi connectivity index (χ1v) is 8.27. The highest BCUT2D eigenvalue weighted by Crippen LogP contribution is 2.29. The van der Waals surface area contributed by atoms with Crippen molar-refractivity contribution in [1.82, 2.24) is 0 Å². The topological polar surface area (TPSA) is 32.3 Å². The summed E-state index contributed by atoms with van der Waals surface area (Å²) >= 11 is 0. The molecule has 0 heterocycles. The van der Waals surface area contributed by atoms with Crippen LogP contribution in [0.2, 0.25) is 0 Å². The predicted molar refractivity (Wildman–Crippen MR) is 86.3 cm³/mol. The minimum atomic E-state index is -0.215. The molecule has 2 heteroatoms. The summed E-state index contributed by atoms with van der Waals surface area (Å²) in [6.07, 6.45) is 8.14. The van der Waals surface area contributed by atoms with Gasteiger partial charge in [0.05, 0.1) is 6.10 Å². The van der Waals surface area contributed by atoms with Gasteiger partial charge in [0.25, 0.3) is 0 Å². The van der Waals surface area contributed by atoms with Crippen LogP contribution in [0.1, 0.15) is 57.1 Å². The zero-order valence-corrected chi connectivity index (χ0v) is 13.0. The minimum Gasteiger partial charge on any atom is -0.391 e. The van der Waals surface area contributed by atoms with Crippen molar-refractivity contribution in [3.63, 3.8) is 0 Å². The fourth-order valence-electron chi connectivity index (χ4n) is 3.40. The number of nitrogens with one attached hydrogen (secondary N) is 1. The van der Waals surface area contributed by atoms with Gasteiger partial charge in [-0.2, -0.15) is 0 Å². The molecule has 1 unspecified atom stereocenters. The third-order valence-corrected chi connectivity index (χ3v) is 4.59. The molecule has 2 N–H and O–H groups in total. The molecule has 1 aromatic rings. The van der Waals surface area contributed by atoms with Crippen LogP contribution in [0, 0.1) is 5.92 Å². The summed E-state index contributed by atoms with van der Waals surface area (Å²) in [6, 6.07) is 6.51. The summed E-state index contributed by atoms with van der Waals surface area (Å²) in [4.78, 5) is 0. The number of hydrogen-bond acceptors (Lipinski definition) is 2. The highest BCUT2D eigenvalue weighted by Gasteiger charge is 2.19. The molecule has 0 aliphatic heterocycles. The quantitative estimate of drug-likeness (QED) is 0.783. The maximum absolute atomic E-state index is 10.2. The van der Waals surface area contributed by atoms with Crippen molar-refractivity contribution < 1.29 is 5.11 Å². The van der Waals surface area contributed by atoms with Gasteiger partial charge < -0.3 is 10.4 Å². The zero-order chi connectivity index (χ0) is 14.4. The van der Waals surface area contributed by atoms with E-state index in [1.807, 2.05) is 0 Å². The van der Waals surface area contributed by atoms with E-state index in [4.69, 9.17) is 0 Å². The van der Waals surface area contributed by atoms with Gasteiger partial charge in [-0.3, -0.25) is 0 Å². The van der Waals surface area contributed by atoms with Gasteiger partial charge in [-0.15, -0.1) is 0 Å². The molecule has 1 fully saturated rings. The lowest BCUT2D eigenvalue weighted by atomic mass is 9.99. The first-order chi connectivity index (χ1) is 9.74. The van der Waals surface area contributed by atoms with Crippen LogP contribution in [0.4, 0.5) is 5.69 Å². The normalized spacial score (nSPS) is 17.4. The predicted octanol–water partition coefficient (Wildman–Crippen LogP) is 4.16. The van der Waals surface area contributed by atoms with Crippen molar-refractivity contribution in [3.05, 3.63) is 29.3 Å². The van der Waals surface area contributed by atoms with E-state index < -0.39 is 0 Å². The van der Waals surface area contributed by atoms with E-state index in [2.05, 4.69) is 37.4 Å². The second-order valence-corrected chi connectivity index (χ2v) is 6.08. The first-order valence-electron chi connectivity index (χ1n) is 8.27. The van der Waals surface area contributed by atoms with Gasteiger partial charge in [-0.05, 0) is 36.3 Å². The standard InChI is InChI=1S/C18H29NO/c1-3-15-10-7-11-16(4-2)18(15)19-13-17(20)12-14-8-5-6-9-14/h7,10-11,14,17,19-20H,3-6,8-9,12-13H2,1-2H3. The summed E-state index contributed by atoms with van der Waals surface area (Å²) in [6.45, 7) is 5.06. The molecular formula is C18H29NO. The third kappa shape index (κ3) is 3.99. The summed E-state index contributed by atoms with van der Waals surface area (Å²) in [7, 11) is 0. The molecule has 0 amide bonds. The van der Waals surface area contributed by atoms with Gasteiger partial charge in [0.15, 0.2) is 0 Å². The van der Waals surface area contributed by atoms with E-state index in [1.165, 1.54) is 42.5 Å². The van der Waals surface area contributed by atoms with Crippen LogP contribution in [0.15, 0.2) is 18.2 Å². The first kappa shape index (κ1) is 15.4. The zero-order valence-electron chi connectivity index (χ0n) is 13.0. The van der Waals surface area contributed by atoms with E-state index >= 15 is 0 Å². The Kier molecular flexibility index (Phi) is 5.90. The maximum Gasteiger partial charge on any atom is 0.0715 e. The minimum absolute atomic E-state index is 0.215. The fraction of sp³-hybridized carbons (Fsp3) is 0.667. The molecule has 1 aromatic carbocycles.